The molecule has 7 nitrogen and oxygen atoms in total. The Bertz CT molecular complexity index is 460. The molecule has 0 amide bonds. The predicted molar refractivity (Wildman–Crippen MR) is 76.3 cm³/mol. The van der Waals surface area contributed by atoms with Crippen molar-refractivity contribution in [1.82, 2.24) is 15.0 Å². The zero-order chi connectivity index (χ0) is 14.1. The summed E-state index contributed by atoms with van der Waals surface area (Å²) in [6.07, 6.45) is 5.22. The van der Waals surface area contributed by atoms with Gasteiger partial charge >= 0.3 is 6.01 Å². The molecule has 1 aromatic heterocycles. The lowest BCUT2D eigenvalue weighted by molar-refractivity contribution is 0.222. The number of nitrogens with zero attached hydrogens (tertiary/aromatic N) is 3. The van der Waals surface area contributed by atoms with Crippen molar-refractivity contribution in [3.63, 3.8) is 0 Å². The Balaban J connectivity index is 1.76. The summed E-state index contributed by atoms with van der Waals surface area (Å²) in [5.74, 6) is 7.81. The second-order valence-electron chi connectivity index (χ2n) is 5.92. The highest BCUT2D eigenvalue weighted by atomic mass is 16.5. The van der Waals surface area contributed by atoms with Crippen LogP contribution in [0.4, 0.5) is 11.9 Å². The number of nitrogens with two attached hydrogens (primary N) is 1. The van der Waals surface area contributed by atoms with Crippen LogP contribution < -0.4 is 21.3 Å². The van der Waals surface area contributed by atoms with Gasteiger partial charge in [-0.05, 0) is 51.4 Å². The van der Waals surface area contributed by atoms with Crippen LogP contribution in [-0.4, -0.2) is 27.1 Å². The molecule has 0 bridgehead atoms. The molecule has 4 N–H and O–H groups in total. The van der Waals surface area contributed by atoms with E-state index >= 15 is 0 Å². The van der Waals surface area contributed by atoms with Crippen LogP contribution in [0.25, 0.3) is 0 Å². The van der Waals surface area contributed by atoms with Gasteiger partial charge in [-0.2, -0.15) is 15.0 Å². The molecule has 0 atom stereocenters. The number of rotatable bonds is 7. The number of anilines is 2. The first kappa shape index (κ1) is 13.4. The number of hydrogen-bond donors (Lipinski definition) is 3. The molecule has 0 unspecified atom stereocenters. The van der Waals surface area contributed by atoms with Gasteiger partial charge in [-0.25, -0.2) is 5.84 Å². The summed E-state index contributed by atoms with van der Waals surface area (Å²) in [6, 6.07) is 0.783. The molecule has 0 aromatic carbocycles. The third-order valence-corrected chi connectivity index (χ3v) is 3.64. The Labute approximate surface area is 118 Å². The maximum absolute atomic E-state index is 5.53. The van der Waals surface area contributed by atoms with E-state index in [9.17, 15) is 0 Å². The highest BCUT2D eigenvalue weighted by molar-refractivity contribution is 5.36. The van der Waals surface area contributed by atoms with E-state index in [2.05, 4.69) is 25.7 Å². The molecule has 1 aromatic rings. The van der Waals surface area contributed by atoms with Gasteiger partial charge in [0.05, 0.1) is 6.10 Å². The van der Waals surface area contributed by atoms with Gasteiger partial charge in [-0.1, -0.05) is 0 Å². The summed E-state index contributed by atoms with van der Waals surface area (Å²) in [7, 11) is 0. The van der Waals surface area contributed by atoms with E-state index in [-0.39, 0.29) is 6.10 Å². The lowest BCUT2D eigenvalue weighted by atomic mass is 10.1. The normalized spacial score (nSPS) is 18.4. The Hall–Kier alpha value is -1.63. The molecule has 0 radical (unpaired) electrons. The van der Waals surface area contributed by atoms with Crippen LogP contribution >= 0.6 is 0 Å². The lowest BCUT2D eigenvalue weighted by Gasteiger charge is -2.18. The third-order valence-electron chi connectivity index (χ3n) is 3.64. The number of ether oxygens (including phenoxy) is 1. The highest BCUT2D eigenvalue weighted by Crippen LogP contribution is 2.45. The minimum atomic E-state index is 0.0125. The minimum absolute atomic E-state index is 0.0125. The van der Waals surface area contributed by atoms with Gasteiger partial charge in [0, 0.05) is 6.04 Å². The SMILES string of the molecule is CC(C)Oc1nc(NN)nc(NC(C2CC2)C2CC2)n1. The largest absolute Gasteiger partial charge is 0.461 e. The molecule has 0 spiro atoms. The lowest BCUT2D eigenvalue weighted by Crippen LogP contribution is -2.26. The van der Waals surface area contributed by atoms with Crippen LogP contribution in [0.15, 0.2) is 0 Å². The summed E-state index contributed by atoms with van der Waals surface area (Å²) in [5.41, 5.74) is 2.46. The van der Waals surface area contributed by atoms with Gasteiger partial charge in [0.15, 0.2) is 0 Å². The molecule has 20 heavy (non-hydrogen) atoms. The monoisotopic (exact) mass is 278 g/mol. The number of nitrogens with one attached hydrogen (secondary N) is 2. The molecule has 3 rings (SSSR count). The van der Waals surface area contributed by atoms with Crippen molar-refractivity contribution >= 4 is 11.9 Å². The summed E-state index contributed by atoms with van der Waals surface area (Å²) in [6.45, 7) is 3.87. The van der Waals surface area contributed by atoms with Crippen LogP contribution in [0.3, 0.4) is 0 Å². The molecule has 0 saturated heterocycles. The molecule has 2 saturated carbocycles. The van der Waals surface area contributed by atoms with E-state index in [4.69, 9.17) is 10.6 Å². The summed E-state index contributed by atoms with van der Waals surface area (Å²) in [5, 5.41) is 3.45. The Morgan fingerprint density at radius 2 is 1.65 bits per heavy atom. The maximum Gasteiger partial charge on any atom is 0.323 e. The summed E-state index contributed by atoms with van der Waals surface area (Å²) in [4.78, 5) is 12.7. The Morgan fingerprint density at radius 3 is 2.15 bits per heavy atom. The number of nitrogen functional groups attached to an aromatic ring is 1. The van der Waals surface area contributed by atoms with Crippen molar-refractivity contribution in [1.29, 1.82) is 0 Å². The first-order valence-electron chi connectivity index (χ1n) is 7.31. The fraction of sp³-hybridized carbons (Fsp3) is 0.769. The second-order valence-corrected chi connectivity index (χ2v) is 5.92. The zero-order valence-corrected chi connectivity index (χ0v) is 12.0. The molecule has 1 heterocycles. The van der Waals surface area contributed by atoms with Crippen LogP contribution in [0, 0.1) is 11.8 Å². The van der Waals surface area contributed by atoms with E-state index in [1.54, 1.807) is 0 Å². The van der Waals surface area contributed by atoms with Crippen molar-refractivity contribution in [2.75, 3.05) is 10.7 Å². The van der Waals surface area contributed by atoms with E-state index in [0.29, 0.717) is 23.9 Å². The third kappa shape index (κ3) is 3.27. The summed E-state index contributed by atoms with van der Waals surface area (Å²) >= 11 is 0. The Kier molecular flexibility index (Phi) is 3.60. The van der Waals surface area contributed by atoms with E-state index in [1.807, 2.05) is 13.8 Å². The number of hydrazine groups is 1. The molecular formula is C13H22N6O. The van der Waals surface area contributed by atoms with Crippen molar-refractivity contribution in [2.45, 2.75) is 51.7 Å². The minimum Gasteiger partial charge on any atom is -0.461 e. The summed E-state index contributed by atoms with van der Waals surface area (Å²) < 4.78 is 5.53. The van der Waals surface area contributed by atoms with Crippen molar-refractivity contribution < 1.29 is 4.74 Å². The van der Waals surface area contributed by atoms with Gasteiger partial charge in [-0.3, -0.25) is 5.43 Å². The molecule has 2 aliphatic rings. The molecule has 2 fully saturated rings. The average Bonchev–Trinajstić information content (AvgIpc) is 3.27. The van der Waals surface area contributed by atoms with Gasteiger partial charge in [-0.15, -0.1) is 0 Å². The standard InChI is InChI=1S/C13H22N6O/c1-7(2)20-13-17-11(16-12(18-13)19-14)15-10(8-3-4-8)9-5-6-9/h7-10H,3-6,14H2,1-2H3,(H2,15,16,17,18,19). The Morgan fingerprint density at radius 1 is 1.05 bits per heavy atom. The second kappa shape index (κ2) is 5.40. The average molecular weight is 278 g/mol. The van der Waals surface area contributed by atoms with E-state index < -0.39 is 0 Å². The van der Waals surface area contributed by atoms with Crippen molar-refractivity contribution in [3.8, 4) is 6.01 Å². The van der Waals surface area contributed by atoms with Crippen molar-refractivity contribution in [3.05, 3.63) is 0 Å². The zero-order valence-electron chi connectivity index (χ0n) is 12.0. The fourth-order valence-corrected chi connectivity index (χ4v) is 2.43. The molecular weight excluding hydrogens is 256 g/mol. The molecule has 7 heteroatoms. The van der Waals surface area contributed by atoms with Gasteiger partial charge in [0.1, 0.15) is 0 Å². The van der Waals surface area contributed by atoms with E-state index in [0.717, 1.165) is 11.8 Å². The van der Waals surface area contributed by atoms with Crippen LogP contribution in [0.1, 0.15) is 39.5 Å². The van der Waals surface area contributed by atoms with E-state index in [1.165, 1.54) is 25.7 Å². The molecule has 110 valence electrons. The van der Waals surface area contributed by atoms with Crippen LogP contribution in [-0.2, 0) is 0 Å². The fourth-order valence-electron chi connectivity index (χ4n) is 2.43. The van der Waals surface area contributed by atoms with Gasteiger partial charge < -0.3 is 10.1 Å². The van der Waals surface area contributed by atoms with Gasteiger partial charge in [0.2, 0.25) is 11.9 Å². The van der Waals surface area contributed by atoms with Crippen molar-refractivity contribution in [2.24, 2.45) is 17.7 Å². The molecule has 0 aliphatic heterocycles. The maximum atomic E-state index is 5.53. The topological polar surface area (TPSA) is 98.0 Å². The van der Waals surface area contributed by atoms with Crippen LogP contribution in [0.2, 0.25) is 0 Å². The quantitative estimate of drug-likeness (QED) is 0.514. The highest BCUT2D eigenvalue weighted by Gasteiger charge is 2.41. The number of aromatic nitrogens is 3. The predicted octanol–water partition coefficient (Wildman–Crippen LogP) is 1.54. The first-order chi connectivity index (χ1) is 9.65. The molecule has 2 aliphatic carbocycles. The van der Waals surface area contributed by atoms with Gasteiger partial charge in [0.25, 0.3) is 0 Å². The van der Waals surface area contributed by atoms with Crippen LogP contribution in [0.5, 0.6) is 6.01 Å². The first-order valence-corrected chi connectivity index (χ1v) is 7.31. The smallest absolute Gasteiger partial charge is 0.323 e. The number of hydrogen-bond acceptors (Lipinski definition) is 7.